The minimum absolute atomic E-state index is 0.159. The molecule has 3 heteroatoms. The zero-order valence-electron chi connectivity index (χ0n) is 5.11. The highest BCUT2D eigenvalue weighted by molar-refractivity contribution is 5.82. The van der Waals surface area contributed by atoms with E-state index in [1.807, 2.05) is 6.07 Å². The van der Waals surface area contributed by atoms with Gasteiger partial charge < -0.3 is 9.63 Å². The second-order valence-corrected chi connectivity index (χ2v) is 2.03. The Morgan fingerprint density at radius 2 is 2.30 bits per heavy atom. The first-order valence-electron chi connectivity index (χ1n) is 2.90. The molecule has 0 atom stereocenters. The molecule has 1 N–H and O–H groups in total. The van der Waals surface area contributed by atoms with Gasteiger partial charge in [-0.2, -0.15) is 0 Å². The lowest BCUT2D eigenvalue weighted by molar-refractivity contribution is 0.421. The predicted molar refractivity (Wildman–Crippen MR) is 35.7 cm³/mol. The molecule has 3 nitrogen and oxygen atoms in total. The maximum absolute atomic E-state index is 9.14. The largest absolute Gasteiger partial charge is 0.506 e. The van der Waals surface area contributed by atoms with Crippen molar-refractivity contribution < 1.29 is 9.63 Å². The summed E-state index contributed by atoms with van der Waals surface area (Å²) in [7, 11) is 0. The molecule has 0 amide bonds. The molecule has 0 bridgehead atoms. The molecule has 0 aliphatic carbocycles. The summed E-state index contributed by atoms with van der Waals surface area (Å²) in [5, 5.41) is 13.6. The fourth-order valence-corrected chi connectivity index (χ4v) is 0.879. The third-order valence-electron chi connectivity index (χ3n) is 1.37. The van der Waals surface area contributed by atoms with Crippen LogP contribution in [0.2, 0.25) is 0 Å². The highest BCUT2D eigenvalue weighted by Gasteiger charge is 2.00. The molecular formula is C7H5NO2. The number of aromatic nitrogens is 1. The van der Waals surface area contributed by atoms with Crippen LogP contribution >= 0.6 is 0 Å². The normalized spacial score (nSPS) is 10.4. The Morgan fingerprint density at radius 1 is 1.40 bits per heavy atom. The number of hydrogen-bond donors (Lipinski definition) is 1. The van der Waals surface area contributed by atoms with Crippen LogP contribution in [-0.4, -0.2) is 10.3 Å². The van der Waals surface area contributed by atoms with E-state index in [9.17, 15) is 0 Å². The Morgan fingerprint density at radius 3 is 3.10 bits per heavy atom. The zero-order valence-corrected chi connectivity index (χ0v) is 5.11. The van der Waals surface area contributed by atoms with E-state index < -0.39 is 0 Å². The van der Waals surface area contributed by atoms with E-state index in [2.05, 4.69) is 9.68 Å². The van der Waals surface area contributed by atoms with Crippen molar-refractivity contribution in [1.29, 1.82) is 0 Å². The summed E-state index contributed by atoms with van der Waals surface area (Å²) in [5.41, 5.74) is 0.516. The SMILES string of the molecule is Oc1cccc2conc12. The molecule has 2 rings (SSSR count). The molecule has 1 aromatic heterocycles. The number of phenols is 1. The minimum Gasteiger partial charge on any atom is -0.506 e. The first-order chi connectivity index (χ1) is 4.88. The van der Waals surface area contributed by atoms with Crippen LogP contribution in [-0.2, 0) is 0 Å². The van der Waals surface area contributed by atoms with E-state index in [0.29, 0.717) is 5.52 Å². The molecule has 0 saturated carbocycles. The van der Waals surface area contributed by atoms with Gasteiger partial charge in [0.15, 0.2) is 5.52 Å². The summed E-state index contributed by atoms with van der Waals surface area (Å²) in [6, 6.07) is 5.14. The number of rotatable bonds is 0. The van der Waals surface area contributed by atoms with Gasteiger partial charge in [-0.05, 0) is 12.1 Å². The Bertz CT molecular complexity index is 353. The van der Waals surface area contributed by atoms with Crippen LogP contribution in [0.1, 0.15) is 0 Å². The molecule has 2 aromatic rings. The van der Waals surface area contributed by atoms with E-state index in [1.54, 1.807) is 12.1 Å². The van der Waals surface area contributed by atoms with Crippen molar-refractivity contribution in [3.8, 4) is 5.75 Å². The van der Waals surface area contributed by atoms with Crippen molar-refractivity contribution in [2.24, 2.45) is 0 Å². The summed E-state index contributed by atoms with van der Waals surface area (Å²) >= 11 is 0. The molecule has 0 aliphatic heterocycles. The second-order valence-electron chi connectivity index (χ2n) is 2.03. The molecular weight excluding hydrogens is 130 g/mol. The van der Waals surface area contributed by atoms with Crippen LogP contribution in [0.5, 0.6) is 5.75 Å². The first kappa shape index (κ1) is 5.29. The third kappa shape index (κ3) is 0.572. The molecule has 0 radical (unpaired) electrons. The number of phenolic OH excluding ortho intramolecular Hbond substituents is 1. The molecule has 0 unspecified atom stereocenters. The average molecular weight is 135 g/mol. The number of hydrogen-bond acceptors (Lipinski definition) is 3. The maximum atomic E-state index is 9.14. The maximum Gasteiger partial charge on any atom is 0.155 e. The Labute approximate surface area is 56.9 Å². The summed E-state index contributed by atoms with van der Waals surface area (Å²) in [4.78, 5) is 0. The van der Waals surface area contributed by atoms with Crippen LogP contribution in [0.15, 0.2) is 29.0 Å². The molecule has 0 fully saturated rings. The van der Waals surface area contributed by atoms with Crippen molar-refractivity contribution in [3.05, 3.63) is 24.5 Å². The summed E-state index contributed by atoms with van der Waals surface area (Å²) in [5.74, 6) is 0.159. The lowest BCUT2D eigenvalue weighted by atomic mass is 10.2. The summed E-state index contributed by atoms with van der Waals surface area (Å²) in [6.45, 7) is 0. The van der Waals surface area contributed by atoms with Gasteiger partial charge >= 0.3 is 0 Å². The van der Waals surface area contributed by atoms with Gasteiger partial charge in [0.05, 0.1) is 0 Å². The van der Waals surface area contributed by atoms with Gasteiger partial charge in [0, 0.05) is 5.39 Å². The van der Waals surface area contributed by atoms with E-state index in [4.69, 9.17) is 5.11 Å². The van der Waals surface area contributed by atoms with Crippen LogP contribution in [0.3, 0.4) is 0 Å². The van der Waals surface area contributed by atoms with Gasteiger partial charge in [0.2, 0.25) is 0 Å². The van der Waals surface area contributed by atoms with Crippen molar-refractivity contribution in [2.45, 2.75) is 0 Å². The fraction of sp³-hybridized carbons (Fsp3) is 0. The van der Waals surface area contributed by atoms with E-state index in [-0.39, 0.29) is 5.75 Å². The smallest absolute Gasteiger partial charge is 0.155 e. The van der Waals surface area contributed by atoms with Crippen LogP contribution < -0.4 is 0 Å². The monoisotopic (exact) mass is 135 g/mol. The lowest BCUT2D eigenvalue weighted by Gasteiger charge is -1.87. The molecule has 10 heavy (non-hydrogen) atoms. The number of aromatic hydroxyl groups is 1. The number of nitrogens with zero attached hydrogens (tertiary/aromatic N) is 1. The first-order valence-corrected chi connectivity index (χ1v) is 2.90. The second kappa shape index (κ2) is 1.73. The van der Waals surface area contributed by atoms with Gasteiger partial charge in [-0.25, -0.2) is 0 Å². The number of benzene rings is 1. The van der Waals surface area contributed by atoms with Gasteiger partial charge in [0.25, 0.3) is 0 Å². The number of fused-ring (bicyclic) bond motifs is 1. The quantitative estimate of drug-likeness (QED) is 0.595. The zero-order chi connectivity index (χ0) is 6.97. The van der Waals surface area contributed by atoms with Crippen molar-refractivity contribution in [3.63, 3.8) is 0 Å². The van der Waals surface area contributed by atoms with E-state index in [1.165, 1.54) is 6.26 Å². The molecule has 1 heterocycles. The average Bonchev–Trinajstić information content (AvgIpc) is 2.36. The van der Waals surface area contributed by atoms with Gasteiger partial charge in [-0.1, -0.05) is 11.2 Å². The van der Waals surface area contributed by atoms with Crippen molar-refractivity contribution in [2.75, 3.05) is 0 Å². The van der Waals surface area contributed by atoms with Crippen molar-refractivity contribution in [1.82, 2.24) is 5.16 Å². The minimum atomic E-state index is 0.159. The Hall–Kier alpha value is -1.51. The highest BCUT2D eigenvalue weighted by Crippen LogP contribution is 2.21. The van der Waals surface area contributed by atoms with Crippen LogP contribution in [0.4, 0.5) is 0 Å². The molecule has 0 aliphatic rings. The van der Waals surface area contributed by atoms with Gasteiger partial charge in [-0.15, -0.1) is 0 Å². The topological polar surface area (TPSA) is 46.3 Å². The fourth-order valence-electron chi connectivity index (χ4n) is 0.879. The van der Waals surface area contributed by atoms with E-state index >= 15 is 0 Å². The summed E-state index contributed by atoms with van der Waals surface area (Å²) in [6.07, 6.45) is 1.50. The summed E-state index contributed by atoms with van der Waals surface area (Å²) < 4.78 is 4.64. The van der Waals surface area contributed by atoms with E-state index in [0.717, 1.165) is 5.39 Å². The third-order valence-corrected chi connectivity index (χ3v) is 1.37. The predicted octanol–water partition coefficient (Wildman–Crippen LogP) is 1.53. The molecule has 50 valence electrons. The lowest BCUT2D eigenvalue weighted by Crippen LogP contribution is -1.67. The Kier molecular flexibility index (Phi) is 0.917. The highest BCUT2D eigenvalue weighted by atomic mass is 16.5. The molecule has 0 spiro atoms. The molecule has 1 aromatic carbocycles. The van der Waals surface area contributed by atoms with Crippen LogP contribution in [0, 0.1) is 0 Å². The standard InChI is InChI=1S/C7H5NO2/c9-6-3-1-2-5-4-10-8-7(5)6/h1-4,9H. The van der Waals surface area contributed by atoms with Crippen LogP contribution in [0.25, 0.3) is 10.9 Å². The van der Waals surface area contributed by atoms with Gasteiger partial charge in [-0.3, -0.25) is 0 Å². The van der Waals surface area contributed by atoms with Gasteiger partial charge in [0.1, 0.15) is 12.0 Å². The molecule has 0 saturated heterocycles. The Balaban J connectivity index is 2.95. The van der Waals surface area contributed by atoms with Crippen molar-refractivity contribution >= 4 is 10.9 Å².